The van der Waals surface area contributed by atoms with Gasteiger partial charge in [-0.3, -0.25) is 10.3 Å². The molecule has 3 unspecified atom stereocenters. The van der Waals surface area contributed by atoms with E-state index in [0.717, 1.165) is 51.3 Å². The quantitative estimate of drug-likeness (QED) is 0.707. The molecule has 152 valence electrons. The van der Waals surface area contributed by atoms with Gasteiger partial charge in [0.15, 0.2) is 0 Å². The maximum absolute atomic E-state index is 13.2. The van der Waals surface area contributed by atoms with E-state index >= 15 is 0 Å². The van der Waals surface area contributed by atoms with Crippen LogP contribution in [-0.4, -0.2) is 66.8 Å². The standard InChI is InChI=1S/C21H35FN4O/c1-21(2,3)15-26-10-9-25(14-19(26)8-11-27)13-17-12-23-24-20(17)16-4-6-18(22)7-5-16/h4-7,17,19-20,23-24,27H,8-15H2,1-3H3. The number of aliphatic hydroxyl groups is 1. The Morgan fingerprint density at radius 2 is 1.93 bits per heavy atom. The Kier molecular flexibility index (Phi) is 6.87. The first-order valence-electron chi connectivity index (χ1n) is 10.2. The molecule has 0 aromatic heterocycles. The van der Waals surface area contributed by atoms with Crippen LogP contribution in [0, 0.1) is 17.2 Å². The van der Waals surface area contributed by atoms with Crippen LogP contribution in [0.1, 0.15) is 38.8 Å². The molecule has 2 fully saturated rings. The number of halogens is 1. The first-order chi connectivity index (χ1) is 12.9. The maximum Gasteiger partial charge on any atom is 0.123 e. The van der Waals surface area contributed by atoms with Crippen molar-refractivity contribution in [1.82, 2.24) is 20.7 Å². The van der Waals surface area contributed by atoms with Crippen LogP contribution in [0.4, 0.5) is 4.39 Å². The third-order valence-corrected chi connectivity index (χ3v) is 5.64. The topological polar surface area (TPSA) is 50.8 Å². The van der Waals surface area contributed by atoms with Gasteiger partial charge in [-0.05, 0) is 29.5 Å². The monoisotopic (exact) mass is 378 g/mol. The van der Waals surface area contributed by atoms with Gasteiger partial charge in [0, 0.05) is 57.8 Å². The van der Waals surface area contributed by atoms with Gasteiger partial charge in [0.2, 0.25) is 0 Å². The molecule has 1 aromatic rings. The highest BCUT2D eigenvalue weighted by Crippen LogP contribution is 2.27. The van der Waals surface area contributed by atoms with Crippen molar-refractivity contribution in [3.05, 3.63) is 35.6 Å². The highest BCUT2D eigenvalue weighted by Gasteiger charge is 2.34. The summed E-state index contributed by atoms with van der Waals surface area (Å²) in [6, 6.07) is 7.44. The molecule has 5 nitrogen and oxygen atoms in total. The number of rotatable bonds is 6. The van der Waals surface area contributed by atoms with Crippen LogP contribution >= 0.6 is 0 Å². The lowest BCUT2D eigenvalue weighted by Crippen LogP contribution is -2.56. The molecule has 2 saturated heterocycles. The Labute approximate surface area is 162 Å². The third-order valence-electron chi connectivity index (χ3n) is 5.64. The average molecular weight is 379 g/mol. The largest absolute Gasteiger partial charge is 0.396 e. The Balaban J connectivity index is 1.60. The van der Waals surface area contributed by atoms with Gasteiger partial charge < -0.3 is 10.0 Å². The van der Waals surface area contributed by atoms with E-state index in [1.165, 1.54) is 12.1 Å². The van der Waals surface area contributed by atoms with Crippen molar-refractivity contribution in [2.75, 3.05) is 45.9 Å². The Morgan fingerprint density at radius 1 is 1.19 bits per heavy atom. The summed E-state index contributed by atoms with van der Waals surface area (Å²) in [4.78, 5) is 5.09. The molecule has 0 aliphatic carbocycles. The fourth-order valence-electron chi connectivity index (χ4n) is 4.43. The molecule has 0 bridgehead atoms. The van der Waals surface area contributed by atoms with Gasteiger partial charge in [0.25, 0.3) is 0 Å². The van der Waals surface area contributed by atoms with Crippen molar-refractivity contribution in [2.45, 2.75) is 39.3 Å². The van der Waals surface area contributed by atoms with Crippen molar-refractivity contribution in [3.8, 4) is 0 Å². The van der Waals surface area contributed by atoms with Gasteiger partial charge in [-0.15, -0.1) is 0 Å². The van der Waals surface area contributed by atoms with Gasteiger partial charge in [-0.2, -0.15) is 0 Å². The summed E-state index contributed by atoms with van der Waals surface area (Å²) in [5, 5.41) is 9.52. The molecule has 0 spiro atoms. The highest BCUT2D eigenvalue weighted by molar-refractivity contribution is 5.21. The minimum absolute atomic E-state index is 0.192. The number of hydrogen-bond acceptors (Lipinski definition) is 5. The molecule has 2 aliphatic heterocycles. The molecule has 3 rings (SSSR count). The summed E-state index contributed by atoms with van der Waals surface area (Å²) < 4.78 is 13.2. The van der Waals surface area contributed by atoms with Crippen molar-refractivity contribution in [3.63, 3.8) is 0 Å². The molecule has 0 radical (unpaired) electrons. The van der Waals surface area contributed by atoms with Crippen LogP contribution in [0.2, 0.25) is 0 Å². The van der Waals surface area contributed by atoms with Crippen LogP contribution in [-0.2, 0) is 0 Å². The second kappa shape index (κ2) is 8.97. The second-order valence-electron chi connectivity index (χ2n) is 9.27. The van der Waals surface area contributed by atoms with E-state index in [1.54, 1.807) is 0 Å². The van der Waals surface area contributed by atoms with Crippen LogP contribution in [0.15, 0.2) is 24.3 Å². The molecule has 27 heavy (non-hydrogen) atoms. The fraction of sp³-hybridized carbons (Fsp3) is 0.714. The molecule has 1 aromatic carbocycles. The number of aliphatic hydroxyl groups excluding tert-OH is 1. The number of piperazine rings is 1. The van der Waals surface area contributed by atoms with Crippen LogP contribution in [0.3, 0.4) is 0 Å². The lowest BCUT2D eigenvalue weighted by molar-refractivity contribution is 0.0307. The molecule has 2 aliphatic rings. The summed E-state index contributed by atoms with van der Waals surface area (Å²) in [5.74, 6) is 0.252. The summed E-state index contributed by atoms with van der Waals surface area (Å²) in [7, 11) is 0. The van der Waals surface area contributed by atoms with E-state index in [1.807, 2.05) is 12.1 Å². The second-order valence-corrected chi connectivity index (χ2v) is 9.27. The summed E-state index contributed by atoms with van der Waals surface area (Å²) in [6.07, 6.45) is 0.829. The summed E-state index contributed by atoms with van der Waals surface area (Å²) in [6.45, 7) is 13.2. The van der Waals surface area contributed by atoms with Gasteiger partial charge in [0.05, 0.1) is 6.04 Å². The maximum atomic E-state index is 13.2. The summed E-state index contributed by atoms with van der Waals surface area (Å²) in [5.41, 5.74) is 8.04. The average Bonchev–Trinajstić information content (AvgIpc) is 3.05. The fourth-order valence-corrected chi connectivity index (χ4v) is 4.43. The van der Waals surface area contributed by atoms with E-state index in [0.29, 0.717) is 12.0 Å². The molecule has 0 saturated carbocycles. The third kappa shape index (κ3) is 5.72. The van der Waals surface area contributed by atoms with Crippen molar-refractivity contribution in [2.24, 2.45) is 11.3 Å². The number of benzene rings is 1. The highest BCUT2D eigenvalue weighted by atomic mass is 19.1. The van der Waals surface area contributed by atoms with Crippen LogP contribution in [0.5, 0.6) is 0 Å². The zero-order valence-corrected chi connectivity index (χ0v) is 16.9. The van der Waals surface area contributed by atoms with E-state index in [4.69, 9.17) is 0 Å². The predicted octanol–water partition coefficient (Wildman–Crippen LogP) is 2.01. The van der Waals surface area contributed by atoms with Crippen molar-refractivity contribution >= 4 is 0 Å². The minimum Gasteiger partial charge on any atom is -0.396 e. The Morgan fingerprint density at radius 3 is 2.59 bits per heavy atom. The van der Waals surface area contributed by atoms with Gasteiger partial charge in [0.1, 0.15) is 5.82 Å². The predicted molar refractivity (Wildman–Crippen MR) is 107 cm³/mol. The minimum atomic E-state index is -0.192. The molecular formula is C21H35FN4O. The molecular weight excluding hydrogens is 343 g/mol. The first kappa shape index (κ1) is 20.7. The van der Waals surface area contributed by atoms with Crippen molar-refractivity contribution in [1.29, 1.82) is 0 Å². The lowest BCUT2D eigenvalue weighted by Gasteiger charge is -2.44. The molecule has 6 heteroatoms. The molecule has 3 N–H and O–H groups in total. The van der Waals surface area contributed by atoms with E-state index < -0.39 is 0 Å². The van der Waals surface area contributed by atoms with E-state index in [9.17, 15) is 9.50 Å². The van der Waals surface area contributed by atoms with Gasteiger partial charge in [-0.25, -0.2) is 9.82 Å². The van der Waals surface area contributed by atoms with E-state index in [2.05, 4.69) is 41.4 Å². The van der Waals surface area contributed by atoms with Crippen molar-refractivity contribution < 1.29 is 9.50 Å². The van der Waals surface area contributed by atoms with E-state index in [-0.39, 0.29) is 23.9 Å². The number of nitrogens with zero attached hydrogens (tertiary/aromatic N) is 2. The molecule has 3 atom stereocenters. The number of hydrogen-bond donors (Lipinski definition) is 3. The summed E-state index contributed by atoms with van der Waals surface area (Å²) >= 11 is 0. The first-order valence-corrected chi connectivity index (χ1v) is 10.2. The zero-order valence-electron chi connectivity index (χ0n) is 16.9. The lowest BCUT2D eigenvalue weighted by atomic mass is 9.92. The Bertz CT molecular complexity index is 589. The zero-order chi connectivity index (χ0) is 19.4. The Hall–Kier alpha value is -1.05. The normalized spacial score (nSPS) is 28.0. The van der Waals surface area contributed by atoms with Gasteiger partial charge in [-0.1, -0.05) is 32.9 Å². The van der Waals surface area contributed by atoms with Crippen LogP contribution in [0.25, 0.3) is 0 Å². The number of nitrogens with one attached hydrogen (secondary N) is 2. The SMILES string of the molecule is CC(C)(C)CN1CCN(CC2CNNC2c2ccc(F)cc2)CC1CCO. The molecule has 0 amide bonds. The number of hydrazine groups is 1. The van der Waals surface area contributed by atoms with Gasteiger partial charge >= 0.3 is 0 Å². The molecule has 2 heterocycles. The smallest absolute Gasteiger partial charge is 0.123 e. The van der Waals surface area contributed by atoms with Crippen LogP contribution < -0.4 is 10.9 Å².